The zero-order chi connectivity index (χ0) is 8.55. The molecular formula is C9H16N2O. The Hall–Kier alpha value is -0.570. The molecule has 3 heteroatoms. The van der Waals surface area contributed by atoms with Crippen LogP contribution in [-0.4, -0.2) is 36.0 Å². The lowest BCUT2D eigenvalue weighted by Gasteiger charge is -2.13. The summed E-state index contributed by atoms with van der Waals surface area (Å²) in [6.07, 6.45) is 3.84. The van der Waals surface area contributed by atoms with Crippen molar-refractivity contribution < 1.29 is 4.79 Å². The Morgan fingerprint density at radius 2 is 2.08 bits per heavy atom. The van der Waals surface area contributed by atoms with E-state index in [9.17, 15) is 4.79 Å². The third-order valence-corrected chi connectivity index (χ3v) is 2.76. The van der Waals surface area contributed by atoms with Crippen LogP contribution in [0.1, 0.15) is 26.2 Å². The fourth-order valence-corrected chi connectivity index (χ4v) is 2.07. The molecule has 1 saturated heterocycles. The van der Waals surface area contributed by atoms with E-state index in [0.717, 1.165) is 0 Å². The lowest BCUT2D eigenvalue weighted by atomic mass is 10.4. The lowest BCUT2D eigenvalue weighted by molar-refractivity contribution is -0.119. The van der Waals surface area contributed by atoms with E-state index >= 15 is 0 Å². The Kier molecular flexibility index (Phi) is 2.05. The van der Waals surface area contributed by atoms with Crippen molar-refractivity contribution in [3.63, 3.8) is 0 Å². The van der Waals surface area contributed by atoms with Gasteiger partial charge >= 0.3 is 0 Å². The molecule has 0 aromatic carbocycles. The number of nitrogens with zero attached hydrogens (tertiary/aromatic N) is 1. The molecular weight excluding hydrogens is 152 g/mol. The highest BCUT2D eigenvalue weighted by molar-refractivity contribution is 5.73. The fourth-order valence-electron chi connectivity index (χ4n) is 2.07. The largest absolute Gasteiger partial charge is 0.352 e. The second-order valence-electron chi connectivity index (χ2n) is 3.85. The van der Waals surface area contributed by atoms with Gasteiger partial charge < -0.3 is 5.32 Å². The van der Waals surface area contributed by atoms with Crippen LogP contribution in [-0.2, 0) is 4.79 Å². The lowest BCUT2D eigenvalue weighted by Crippen LogP contribution is -2.32. The molecule has 2 rings (SSSR count). The van der Waals surface area contributed by atoms with E-state index in [0.29, 0.717) is 12.1 Å². The van der Waals surface area contributed by atoms with E-state index < -0.39 is 0 Å². The number of nitrogens with one attached hydrogen (secondary N) is 1. The Bertz CT molecular complexity index is 187. The summed E-state index contributed by atoms with van der Waals surface area (Å²) >= 11 is 0. The van der Waals surface area contributed by atoms with Crippen molar-refractivity contribution in [2.24, 2.45) is 0 Å². The molecule has 0 bridgehead atoms. The molecule has 2 unspecified atom stereocenters. The SMILES string of the molecule is CC(=O)NC1CC1N1CCCC1. The van der Waals surface area contributed by atoms with Gasteiger partial charge in [0, 0.05) is 19.0 Å². The molecule has 1 N–H and O–H groups in total. The van der Waals surface area contributed by atoms with Crippen molar-refractivity contribution in [2.45, 2.75) is 38.3 Å². The van der Waals surface area contributed by atoms with Crippen LogP contribution in [0.4, 0.5) is 0 Å². The normalized spacial score (nSPS) is 35.1. The second-order valence-corrected chi connectivity index (χ2v) is 3.85. The molecule has 2 fully saturated rings. The quantitative estimate of drug-likeness (QED) is 0.645. The maximum atomic E-state index is 10.7. The summed E-state index contributed by atoms with van der Waals surface area (Å²) in [6.45, 7) is 4.07. The molecule has 0 aromatic rings. The molecule has 68 valence electrons. The minimum atomic E-state index is 0.113. The van der Waals surface area contributed by atoms with Crippen molar-refractivity contribution in [3.8, 4) is 0 Å². The van der Waals surface area contributed by atoms with Gasteiger partial charge in [-0.3, -0.25) is 9.69 Å². The van der Waals surface area contributed by atoms with Crippen LogP contribution in [0.2, 0.25) is 0 Å². The first-order valence-corrected chi connectivity index (χ1v) is 4.78. The zero-order valence-corrected chi connectivity index (χ0v) is 7.55. The zero-order valence-electron chi connectivity index (χ0n) is 7.55. The van der Waals surface area contributed by atoms with Crippen LogP contribution in [0.3, 0.4) is 0 Å². The van der Waals surface area contributed by atoms with Gasteiger partial charge in [-0.1, -0.05) is 0 Å². The van der Waals surface area contributed by atoms with Gasteiger partial charge in [-0.25, -0.2) is 0 Å². The summed E-state index contributed by atoms with van der Waals surface area (Å²) in [5, 5.41) is 2.96. The molecule has 12 heavy (non-hydrogen) atoms. The average Bonchev–Trinajstić information content (AvgIpc) is 2.59. The number of carbonyl (C=O) groups excluding carboxylic acids is 1. The molecule has 2 atom stereocenters. The molecule has 0 spiro atoms. The third-order valence-electron chi connectivity index (χ3n) is 2.76. The summed E-state index contributed by atoms with van der Waals surface area (Å²) in [6, 6.07) is 1.12. The van der Waals surface area contributed by atoms with Gasteiger partial charge in [0.15, 0.2) is 0 Å². The Morgan fingerprint density at radius 3 is 2.67 bits per heavy atom. The minimum absolute atomic E-state index is 0.113. The topological polar surface area (TPSA) is 32.3 Å². The Morgan fingerprint density at radius 1 is 1.42 bits per heavy atom. The van der Waals surface area contributed by atoms with Gasteiger partial charge in [-0.15, -0.1) is 0 Å². The van der Waals surface area contributed by atoms with Crippen LogP contribution in [0.5, 0.6) is 0 Å². The summed E-state index contributed by atoms with van der Waals surface area (Å²) in [5.41, 5.74) is 0. The number of amides is 1. The number of likely N-dealkylation sites (tertiary alicyclic amines) is 1. The average molecular weight is 168 g/mol. The summed E-state index contributed by atoms with van der Waals surface area (Å²) in [7, 11) is 0. The van der Waals surface area contributed by atoms with Crippen LogP contribution in [0.25, 0.3) is 0 Å². The van der Waals surface area contributed by atoms with Gasteiger partial charge in [0.1, 0.15) is 0 Å². The summed E-state index contributed by atoms with van der Waals surface area (Å²) < 4.78 is 0. The van der Waals surface area contributed by atoms with E-state index in [2.05, 4.69) is 10.2 Å². The van der Waals surface area contributed by atoms with Gasteiger partial charge in [0.2, 0.25) is 5.91 Å². The molecule has 2 aliphatic rings. The van der Waals surface area contributed by atoms with Crippen molar-refractivity contribution in [2.75, 3.05) is 13.1 Å². The third kappa shape index (κ3) is 1.61. The van der Waals surface area contributed by atoms with Crippen LogP contribution < -0.4 is 5.32 Å². The second kappa shape index (κ2) is 3.05. The van der Waals surface area contributed by atoms with E-state index in [-0.39, 0.29) is 5.91 Å². The van der Waals surface area contributed by atoms with Crippen molar-refractivity contribution in [1.82, 2.24) is 10.2 Å². The van der Waals surface area contributed by atoms with Gasteiger partial charge in [-0.2, -0.15) is 0 Å². The first-order chi connectivity index (χ1) is 5.77. The highest BCUT2D eigenvalue weighted by Gasteiger charge is 2.42. The van der Waals surface area contributed by atoms with E-state index in [1.807, 2.05) is 0 Å². The van der Waals surface area contributed by atoms with Crippen molar-refractivity contribution in [3.05, 3.63) is 0 Å². The number of rotatable bonds is 2. The molecule has 0 radical (unpaired) electrons. The van der Waals surface area contributed by atoms with Gasteiger partial charge in [-0.05, 0) is 32.4 Å². The van der Waals surface area contributed by atoms with E-state index in [1.54, 1.807) is 6.92 Å². The van der Waals surface area contributed by atoms with Crippen LogP contribution in [0, 0.1) is 0 Å². The molecule has 0 aromatic heterocycles. The first-order valence-electron chi connectivity index (χ1n) is 4.78. The summed E-state index contributed by atoms with van der Waals surface area (Å²) in [5.74, 6) is 0.113. The van der Waals surface area contributed by atoms with E-state index in [1.165, 1.54) is 32.4 Å². The smallest absolute Gasteiger partial charge is 0.217 e. The maximum absolute atomic E-state index is 10.7. The molecule has 1 amide bonds. The van der Waals surface area contributed by atoms with Crippen LogP contribution in [0.15, 0.2) is 0 Å². The van der Waals surface area contributed by atoms with Crippen molar-refractivity contribution >= 4 is 5.91 Å². The Balaban J connectivity index is 1.75. The number of carbonyl (C=O) groups is 1. The number of hydrogen-bond acceptors (Lipinski definition) is 2. The standard InChI is InChI=1S/C9H16N2O/c1-7(12)10-8-6-9(8)11-4-2-3-5-11/h8-9H,2-6H2,1H3,(H,10,12). The predicted molar refractivity (Wildman–Crippen MR) is 46.8 cm³/mol. The maximum Gasteiger partial charge on any atom is 0.217 e. The molecule has 1 heterocycles. The summed E-state index contributed by atoms with van der Waals surface area (Å²) in [4.78, 5) is 13.2. The van der Waals surface area contributed by atoms with Gasteiger partial charge in [0.05, 0.1) is 0 Å². The van der Waals surface area contributed by atoms with Crippen LogP contribution >= 0.6 is 0 Å². The monoisotopic (exact) mass is 168 g/mol. The highest BCUT2D eigenvalue weighted by atomic mass is 16.1. The highest BCUT2D eigenvalue weighted by Crippen LogP contribution is 2.30. The fraction of sp³-hybridized carbons (Fsp3) is 0.889. The molecule has 1 aliphatic heterocycles. The predicted octanol–water partition coefficient (Wildman–Crippen LogP) is 0.359. The molecule has 1 aliphatic carbocycles. The number of hydrogen-bond donors (Lipinski definition) is 1. The Labute approximate surface area is 73.1 Å². The molecule has 3 nitrogen and oxygen atoms in total. The first kappa shape index (κ1) is 8.05. The molecule has 1 saturated carbocycles. The van der Waals surface area contributed by atoms with Crippen molar-refractivity contribution in [1.29, 1.82) is 0 Å². The minimum Gasteiger partial charge on any atom is -0.352 e. The van der Waals surface area contributed by atoms with E-state index in [4.69, 9.17) is 0 Å². The van der Waals surface area contributed by atoms with Gasteiger partial charge in [0.25, 0.3) is 0 Å².